The van der Waals surface area contributed by atoms with Gasteiger partial charge in [-0.25, -0.2) is 0 Å². The van der Waals surface area contributed by atoms with Gasteiger partial charge in [-0.2, -0.15) is 5.10 Å². The van der Waals surface area contributed by atoms with Gasteiger partial charge >= 0.3 is 0 Å². The van der Waals surface area contributed by atoms with Crippen LogP contribution in [0.15, 0.2) is 30.3 Å². The van der Waals surface area contributed by atoms with Crippen molar-refractivity contribution >= 4 is 22.7 Å². The van der Waals surface area contributed by atoms with Crippen LogP contribution in [0.3, 0.4) is 0 Å². The Hall–Kier alpha value is -3.59. The zero-order valence-corrected chi connectivity index (χ0v) is 19.5. The standard InChI is InChI=1S/C25H29N5O4/c1-28(2)9-10-34-18-6-5-16-14-30(15-17(16)11-18)24(32)20-12-19-21(13-22(20)31)26-27-23(19)25(33)29-7-3-4-8-29/h5-6,11-13,31H,3-4,7-10,14-15H2,1-2H3,(H,26,27). The van der Waals surface area contributed by atoms with Gasteiger partial charge in [-0.3, -0.25) is 14.7 Å². The van der Waals surface area contributed by atoms with Crippen molar-refractivity contribution in [1.82, 2.24) is 24.9 Å². The van der Waals surface area contributed by atoms with Gasteiger partial charge in [0.2, 0.25) is 0 Å². The number of aromatic hydroxyl groups is 1. The van der Waals surface area contributed by atoms with Gasteiger partial charge in [0.25, 0.3) is 11.8 Å². The molecule has 9 heteroatoms. The Morgan fingerprint density at radius 1 is 1.06 bits per heavy atom. The van der Waals surface area contributed by atoms with Crippen molar-refractivity contribution in [1.29, 1.82) is 0 Å². The lowest BCUT2D eigenvalue weighted by atomic mass is 10.1. The molecule has 0 spiro atoms. The van der Waals surface area contributed by atoms with E-state index in [1.54, 1.807) is 15.9 Å². The second-order valence-electron chi connectivity index (χ2n) is 9.23. The summed E-state index contributed by atoms with van der Waals surface area (Å²) < 4.78 is 5.83. The molecule has 0 unspecified atom stereocenters. The van der Waals surface area contributed by atoms with Gasteiger partial charge in [-0.15, -0.1) is 0 Å². The number of nitrogens with zero attached hydrogens (tertiary/aromatic N) is 4. The molecule has 9 nitrogen and oxygen atoms in total. The Morgan fingerprint density at radius 3 is 2.59 bits per heavy atom. The molecule has 2 N–H and O–H groups in total. The van der Waals surface area contributed by atoms with E-state index in [9.17, 15) is 14.7 Å². The van der Waals surface area contributed by atoms with Gasteiger partial charge in [0.05, 0.1) is 11.1 Å². The second-order valence-corrected chi connectivity index (χ2v) is 9.23. The number of aromatic nitrogens is 2. The molecule has 0 radical (unpaired) electrons. The molecule has 3 aromatic rings. The highest BCUT2D eigenvalue weighted by atomic mass is 16.5. The lowest BCUT2D eigenvalue weighted by Crippen LogP contribution is -2.28. The molecule has 2 amide bonds. The molecule has 3 heterocycles. The first kappa shape index (κ1) is 22.2. The monoisotopic (exact) mass is 463 g/mol. The van der Waals surface area contributed by atoms with Crippen LogP contribution in [0.2, 0.25) is 0 Å². The number of likely N-dealkylation sites (tertiary alicyclic amines) is 1. The summed E-state index contributed by atoms with van der Waals surface area (Å²) in [6, 6.07) is 8.94. The van der Waals surface area contributed by atoms with E-state index in [4.69, 9.17) is 4.74 Å². The third-order valence-corrected chi connectivity index (χ3v) is 6.50. The number of ether oxygens (including phenoxy) is 1. The average molecular weight is 464 g/mol. The minimum atomic E-state index is -0.286. The number of benzene rings is 2. The largest absolute Gasteiger partial charge is 0.507 e. The van der Waals surface area contributed by atoms with Crippen molar-refractivity contribution in [2.24, 2.45) is 0 Å². The summed E-state index contributed by atoms with van der Waals surface area (Å²) in [6.45, 7) is 3.72. The third kappa shape index (κ3) is 4.19. The van der Waals surface area contributed by atoms with Crippen LogP contribution in [0.5, 0.6) is 11.5 Å². The number of amides is 2. The van der Waals surface area contributed by atoms with Crippen LogP contribution < -0.4 is 4.74 Å². The number of likely N-dealkylation sites (N-methyl/N-ethyl adjacent to an activating group) is 1. The molecular weight excluding hydrogens is 434 g/mol. The van der Waals surface area contributed by atoms with Gasteiger partial charge in [0.1, 0.15) is 18.1 Å². The van der Waals surface area contributed by atoms with E-state index in [0.717, 1.165) is 36.3 Å². The van der Waals surface area contributed by atoms with Crippen LogP contribution in [0.1, 0.15) is 44.8 Å². The van der Waals surface area contributed by atoms with Gasteiger partial charge in [0, 0.05) is 44.2 Å². The molecule has 5 rings (SSSR count). The van der Waals surface area contributed by atoms with Crippen LogP contribution in [0.25, 0.3) is 10.9 Å². The number of fused-ring (bicyclic) bond motifs is 2. The maximum Gasteiger partial charge on any atom is 0.274 e. The molecule has 0 bridgehead atoms. The molecule has 1 saturated heterocycles. The lowest BCUT2D eigenvalue weighted by molar-refractivity contribution is 0.0746. The van der Waals surface area contributed by atoms with E-state index < -0.39 is 0 Å². The Bertz CT molecular complexity index is 1250. The molecule has 0 aliphatic carbocycles. The van der Waals surface area contributed by atoms with E-state index >= 15 is 0 Å². The van der Waals surface area contributed by atoms with Gasteiger partial charge in [-0.1, -0.05) is 6.07 Å². The van der Waals surface area contributed by atoms with Crippen molar-refractivity contribution in [2.45, 2.75) is 25.9 Å². The van der Waals surface area contributed by atoms with Gasteiger partial charge in [-0.05, 0) is 56.3 Å². The summed E-state index contributed by atoms with van der Waals surface area (Å²) in [5.74, 6) is 0.210. The summed E-state index contributed by atoms with van der Waals surface area (Å²) in [5.41, 5.74) is 3.07. The van der Waals surface area contributed by atoms with E-state index in [0.29, 0.717) is 43.7 Å². The maximum atomic E-state index is 13.4. The summed E-state index contributed by atoms with van der Waals surface area (Å²) >= 11 is 0. The van der Waals surface area contributed by atoms with Crippen molar-refractivity contribution in [2.75, 3.05) is 40.3 Å². The van der Waals surface area contributed by atoms with Crippen molar-refractivity contribution < 1.29 is 19.4 Å². The first-order chi connectivity index (χ1) is 16.4. The van der Waals surface area contributed by atoms with E-state index in [2.05, 4.69) is 15.1 Å². The molecular formula is C25H29N5O4. The van der Waals surface area contributed by atoms with Gasteiger partial charge in [0.15, 0.2) is 5.69 Å². The van der Waals surface area contributed by atoms with Crippen LogP contribution in [0.4, 0.5) is 0 Å². The lowest BCUT2D eigenvalue weighted by Gasteiger charge is -2.17. The fourth-order valence-electron chi connectivity index (χ4n) is 4.58. The number of H-pyrrole nitrogens is 1. The number of nitrogens with one attached hydrogen (secondary N) is 1. The zero-order chi connectivity index (χ0) is 23.8. The minimum Gasteiger partial charge on any atom is -0.507 e. The average Bonchev–Trinajstić information content (AvgIpc) is 3.56. The van der Waals surface area contributed by atoms with E-state index in [1.165, 1.54) is 6.07 Å². The Balaban J connectivity index is 1.36. The van der Waals surface area contributed by atoms with Crippen LogP contribution in [-0.4, -0.2) is 82.2 Å². The van der Waals surface area contributed by atoms with Crippen LogP contribution in [0, 0.1) is 0 Å². The topological polar surface area (TPSA) is 102 Å². The number of carbonyl (C=O) groups excluding carboxylic acids is 2. The quantitative estimate of drug-likeness (QED) is 0.583. The highest BCUT2D eigenvalue weighted by molar-refractivity contribution is 6.08. The predicted molar refractivity (Wildman–Crippen MR) is 127 cm³/mol. The second kappa shape index (κ2) is 8.98. The minimum absolute atomic E-state index is 0.134. The zero-order valence-electron chi connectivity index (χ0n) is 19.5. The van der Waals surface area contributed by atoms with Crippen molar-refractivity contribution in [3.63, 3.8) is 0 Å². The summed E-state index contributed by atoms with van der Waals surface area (Å²) in [4.78, 5) is 31.8. The molecule has 0 saturated carbocycles. The predicted octanol–water partition coefficient (Wildman–Crippen LogP) is 2.60. The molecule has 0 atom stereocenters. The number of carbonyl (C=O) groups is 2. The number of phenolic OH excluding ortho intramolecular Hbond substituents is 1. The summed E-state index contributed by atoms with van der Waals surface area (Å²) in [6.07, 6.45) is 1.97. The highest BCUT2D eigenvalue weighted by Crippen LogP contribution is 2.32. The van der Waals surface area contributed by atoms with Crippen molar-refractivity contribution in [3.8, 4) is 11.5 Å². The molecule has 34 heavy (non-hydrogen) atoms. The third-order valence-electron chi connectivity index (χ3n) is 6.50. The Morgan fingerprint density at radius 2 is 1.82 bits per heavy atom. The van der Waals surface area contributed by atoms with E-state index in [-0.39, 0.29) is 28.8 Å². The summed E-state index contributed by atoms with van der Waals surface area (Å²) in [5, 5.41) is 18.1. The summed E-state index contributed by atoms with van der Waals surface area (Å²) in [7, 11) is 3.99. The molecule has 2 aliphatic rings. The molecule has 1 fully saturated rings. The van der Waals surface area contributed by atoms with Crippen LogP contribution in [-0.2, 0) is 13.1 Å². The number of rotatable bonds is 6. The molecule has 178 valence electrons. The first-order valence-electron chi connectivity index (χ1n) is 11.6. The van der Waals surface area contributed by atoms with Crippen LogP contribution >= 0.6 is 0 Å². The molecule has 1 aromatic heterocycles. The fraction of sp³-hybridized carbons (Fsp3) is 0.400. The highest BCUT2D eigenvalue weighted by Gasteiger charge is 2.29. The number of hydrogen-bond donors (Lipinski definition) is 2. The maximum absolute atomic E-state index is 13.4. The number of hydrogen-bond acceptors (Lipinski definition) is 6. The first-order valence-corrected chi connectivity index (χ1v) is 11.6. The normalized spacial score (nSPS) is 15.4. The smallest absolute Gasteiger partial charge is 0.274 e. The number of aromatic amines is 1. The fourth-order valence-corrected chi connectivity index (χ4v) is 4.58. The molecule has 2 aliphatic heterocycles. The molecule has 2 aromatic carbocycles. The Kier molecular flexibility index (Phi) is 5.87. The van der Waals surface area contributed by atoms with E-state index in [1.807, 2.05) is 32.3 Å². The van der Waals surface area contributed by atoms with Crippen molar-refractivity contribution in [3.05, 3.63) is 52.7 Å². The number of phenols is 1. The van der Waals surface area contributed by atoms with Gasteiger partial charge < -0.3 is 24.5 Å². The SMILES string of the molecule is CN(C)CCOc1ccc2c(c1)CN(C(=O)c1cc3c(C(=O)N4CCCC4)n[nH]c3cc1O)C2. The Labute approximate surface area is 197 Å².